The summed E-state index contributed by atoms with van der Waals surface area (Å²) in [6, 6.07) is 4.97. The minimum atomic E-state index is -0.246. The van der Waals surface area contributed by atoms with E-state index < -0.39 is 0 Å². The molecule has 2 heterocycles. The predicted molar refractivity (Wildman–Crippen MR) is 87.6 cm³/mol. The van der Waals surface area contributed by atoms with Gasteiger partial charge in [0.1, 0.15) is 6.04 Å². The molecule has 7 heteroatoms. The molecule has 1 aromatic heterocycles. The van der Waals surface area contributed by atoms with Crippen molar-refractivity contribution in [1.29, 1.82) is 0 Å². The van der Waals surface area contributed by atoms with Gasteiger partial charge in [-0.25, -0.2) is 4.98 Å². The van der Waals surface area contributed by atoms with Gasteiger partial charge in [0.15, 0.2) is 5.13 Å². The molecule has 2 aromatic rings. The Kier molecular flexibility index (Phi) is 3.81. The molecule has 0 saturated carbocycles. The van der Waals surface area contributed by atoms with E-state index in [-0.39, 0.29) is 17.9 Å². The first kappa shape index (κ1) is 14.5. The van der Waals surface area contributed by atoms with Crippen molar-refractivity contribution in [2.45, 2.75) is 26.3 Å². The molecule has 1 aliphatic rings. The van der Waals surface area contributed by atoms with Crippen molar-refractivity contribution in [1.82, 2.24) is 4.98 Å². The molecule has 0 aliphatic carbocycles. The number of nitrogens with zero attached hydrogens (tertiary/aromatic N) is 1. The number of benzene rings is 1. The topological polar surface area (TPSA) is 83.1 Å². The highest BCUT2D eigenvalue weighted by molar-refractivity contribution is 7.13. The number of carbonyl (C=O) groups excluding carboxylic acids is 2. The second-order valence-corrected chi connectivity index (χ2v) is 5.96. The molecule has 0 spiro atoms. The van der Waals surface area contributed by atoms with Gasteiger partial charge < -0.3 is 10.6 Å². The number of hydrogen-bond donors (Lipinski definition) is 3. The average Bonchev–Trinajstić information content (AvgIpc) is 2.91. The maximum Gasteiger partial charge on any atom is 0.257 e. The van der Waals surface area contributed by atoms with Crippen LogP contribution in [0.5, 0.6) is 0 Å². The smallest absolute Gasteiger partial charge is 0.257 e. The molecule has 6 nitrogen and oxygen atoms in total. The Morgan fingerprint density at radius 2 is 2.23 bits per heavy atom. The normalized spacial score (nSPS) is 16.5. The zero-order valence-corrected chi connectivity index (χ0v) is 13.1. The average molecular weight is 316 g/mol. The first-order valence-corrected chi connectivity index (χ1v) is 7.89. The van der Waals surface area contributed by atoms with Crippen LogP contribution >= 0.6 is 11.3 Å². The van der Waals surface area contributed by atoms with Gasteiger partial charge in [0.25, 0.3) is 5.91 Å². The number of hydrogen-bond acceptors (Lipinski definition) is 5. The Hall–Kier alpha value is -2.41. The lowest BCUT2D eigenvalue weighted by molar-refractivity contribution is -0.117. The van der Waals surface area contributed by atoms with Crippen molar-refractivity contribution < 1.29 is 9.59 Å². The first-order chi connectivity index (χ1) is 10.6. The SMILES string of the molecule is CC[C@@H]1Nc2ccc(C(=O)Nc3nc(C)cs3)cc2NC1=O. The molecule has 114 valence electrons. The maximum atomic E-state index is 12.2. The molecular formula is C15H16N4O2S. The molecule has 0 unspecified atom stereocenters. The molecule has 0 fully saturated rings. The van der Waals surface area contributed by atoms with Gasteiger partial charge in [-0.15, -0.1) is 11.3 Å². The van der Waals surface area contributed by atoms with Crippen molar-refractivity contribution in [2.24, 2.45) is 0 Å². The fourth-order valence-corrected chi connectivity index (χ4v) is 2.94. The van der Waals surface area contributed by atoms with E-state index in [1.165, 1.54) is 11.3 Å². The molecule has 1 atom stereocenters. The van der Waals surface area contributed by atoms with E-state index in [0.717, 1.165) is 11.4 Å². The number of thiazole rings is 1. The van der Waals surface area contributed by atoms with E-state index >= 15 is 0 Å². The van der Waals surface area contributed by atoms with Crippen LogP contribution in [0.4, 0.5) is 16.5 Å². The third-order valence-electron chi connectivity index (χ3n) is 3.43. The predicted octanol–water partition coefficient (Wildman–Crippen LogP) is 2.85. The van der Waals surface area contributed by atoms with Gasteiger partial charge in [-0.05, 0) is 31.5 Å². The molecule has 0 radical (unpaired) electrons. The van der Waals surface area contributed by atoms with Gasteiger partial charge >= 0.3 is 0 Å². The Bertz CT molecular complexity index is 741. The largest absolute Gasteiger partial charge is 0.372 e. The number of amides is 2. The number of carbonyl (C=O) groups is 2. The van der Waals surface area contributed by atoms with Crippen molar-refractivity contribution in [3.63, 3.8) is 0 Å². The number of rotatable bonds is 3. The molecule has 22 heavy (non-hydrogen) atoms. The van der Waals surface area contributed by atoms with Crippen LogP contribution in [0.25, 0.3) is 0 Å². The summed E-state index contributed by atoms with van der Waals surface area (Å²) in [6.45, 7) is 3.82. The standard InChI is InChI=1S/C15H16N4O2S/c1-3-10-14(21)18-12-6-9(4-5-11(12)17-10)13(20)19-15-16-8(2)7-22-15/h4-7,10,17H,3H2,1-2H3,(H,18,21)(H,16,19,20)/t10-/m0/s1. The van der Waals surface area contributed by atoms with E-state index in [0.29, 0.717) is 22.8 Å². The molecular weight excluding hydrogens is 300 g/mol. The van der Waals surface area contributed by atoms with Crippen molar-refractivity contribution >= 4 is 39.7 Å². The lowest BCUT2D eigenvalue weighted by atomic mass is 10.1. The van der Waals surface area contributed by atoms with Crippen LogP contribution < -0.4 is 16.0 Å². The monoisotopic (exact) mass is 316 g/mol. The van der Waals surface area contributed by atoms with E-state index in [1.807, 2.05) is 19.2 Å². The highest BCUT2D eigenvalue weighted by Crippen LogP contribution is 2.29. The number of anilines is 3. The minimum absolute atomic E-state index is 0.0805. The summed E-state index contributed by atoms with van der Waals surface area (Å²) in [5.74, 6) is -0.327. The third kappa shape index (κ3) is 2.80. The third-order valence-corrected chi connectivity index (χ3v) is 4.31. The first-order valence-electron chi connectivity index (χ1n) is 7.01. The van der Waals surface area contributed by atoms with Crippen LogP contribution in [0.3, 0.4) is 0 Å². The van der Waals surface area contributed by atoms with Crippen LogP contribution in [-0.2, 0) is 4.79 Å². The summed E-state index contributed by atoms with van der Waals surface area (Å²) < 4.78 is 0. The fourth-order valence-electron chi connectivity index (χ4n) is 2.26. The summed E-state index contributed by atoms with van der Waals surface area (Å²) in [5.41, 5.74) is 2.79. The minimum Gasteiger partial charge on any atom is -0.372 e. The van der Waals surface area contributed by atoms with Crippen LogP contribution in [0, 0.1) is 6.92 Å². The molecule has 2 amide bonds. The number of fused-ring (bicyclic) bond motifs is 1. The molecule has 1 aliphatic heterocycles. The Labute approximate surface area is 132 Å². The zero-order chi connectivity index (χ0) is 15.7. The van der Waals surface area contributed by atoms with Gasteiger partial charge in [-0.1, -0.05) is 6.92 Å². The maximum absolute atomic E-state index is 12.2. The quantitative estimate of drug-likeness (QED) is 0.813. The van der Waals surface area contributed by atoms with Gasteiger partial charge in [-0.3, -0.25) is 14.9 Å². The molecule has 0 saturated heterocycles. The Morgan fingerprint density at radius 1 is 1.41 bits per heavy atom. The van der Waals surface area contributed by atoms with Crippen molar-refractivity contribution in [3.8, 4) is 0 Å². The molecule has 3 N–H and O–H groups in total. The summed E-state index contributed by atoms with van der Waals surface area (Å²) in [5, 5.41) is 11.2. The van der Waals surface area contributed by atoms with Crippen LogP contribution in [0.15, 0.2) is 23.6 Å². The summed E-state index contributed by atoms with van der Waals surface area (Å²) in [4.78, 5) is 28.3. The highest BCUT2D eigenvalue weighted by atomic mass is 32.1. The van der Waals surface area contributed by atoms with E-state index in [2.05, 4.69) is 20.9 Å². The van der Waals surface area contributed by atoms with E-state index in [4.69, 9.17) is 0 Å². The van der Waals surface area contributed by atoms with Crippen LogP contribution in [0.1, 0.15) is 29.4 Å². The van der Waals surface area contributed by atoms with Crippen molar-refractivity contribution in [2.75, 3.05) is 16.0 Å². The fraction of sp³-hybridized carbons (Fsp3) is 0.267. The summed E-state index contributed by atoms with van der Waals surface area (Å²) in [6.07, 6.45) is 0.705. The molecule has 0 bridgehead atoms. The van der Waals surface area contributed by atoms with Gasteiger partial charge in [0.2, 0.25) is 5.91 Å². The van der Waals surface area contributed by atoms with Crippen molar-refractivity contribution in [3.05, 3.63) is 34.8 Å². The number of nitrogens with one attached hydrogen (secondary N) is 3. The van der Waals surface area contributed by atoms with Gasteiger partial charge in [-0.2, -0.15) is 0 Å². The Balaban J connectivity index is 1.80. The number of aryl methyl sites for hydroxylation is 1. The molecule has 3 rings (SSSR count). The highest BCUT2D eigenvalue weighted by Gasteiger charge is 2.24. The van der Waals surface area contributed by atoms with E-state index in [1.54, 1.807) is 18.2 Å². The molecule has 1 aromatic carbocycles. The lowest BCUT2D eigenvalue weighted by Gasteiger charge is -2.26. The van der Waals surface area contributed by atoms with Gasteiger partial charge in [0, 0.05) is 10.9 Å². The summed E-state index contributed by atoms with van der Waals surface area (Å²) in [7, 11) is 0. The second-order valence-electron chi connectivity index (χ2n) is 5.10. The lowest BCUT2D eigenvalue weighted by Crippen LogP contribution is -2.38. The second kappa shape index (κ2) is 5.76. The summed E-state index contributed by atoms with van der Waals surface area (Å²) >= 11 is 1.38. The van der Waals surface area contributed by atoms with Crippen LogP contribution in [-0.4, -0.2) is 22.8 Å². The number of aromatic nitrogens is 1. The Morgan fingerprint density at radius 3 is 2.91 bits per heavy atom. The zero-order valence-electron chi connectivity index (χ0n) is 12.3. The van der Waals surface area contributed by atoms with Crippen LogP contribution in [0.2, 0.25) is 0 Å². The van der Waals surface area contributed by atoms with Gasteiger partial charge in [0.05, 0.1) is 17.1 Å². The van der Waals surface area contributed by atoms with E-state index in [9.17, 15) is 9.59 Å².